The number of imidazole rings is 1. The van der Waals surface area contributed by atoms with Crippen LogP contribution >= 0.6 is 11.6 Å². The zero-order valence-corrected chi connectivity index (χ0v) is 9.59. The van der Waals surface area contributed by atoms with Gasteiger partial charge in [0.05, 0.1) is 16.0 Å². The predicted octanol–water partition coefficient (Wildman–Crippen LogP) is 1.98. The highest BCUT2D eigenvalue weighted by Gasteiger charge is 2.12. The fraction of sp³-hybridized carbons (Fsp3) is 0.300. The van der Waals surface area contributed by atoms with Gasteiger partial charge in [0.1, 0.15) is 0 Å². The molecule has 0 aliphatic rings. The van der Waals surface area contributed by atoms with Gasteiger partial charge in [-0.15, -0.1) is 0 Å². The molecule has 0 atom stereocenters. The first-order valence-corrected chi connectivity index (χ1v) is 5.42. The molecule has 0 saturated carbocycles. The summed E-state index contributed by atoms with van der Waals surface area (Å²) in [5.41, 5.74) is 1.21. The molecule has 0 aliphatic heterocycles. The van der Waals surface area contributed by atoms with Crippen LogP contribution in [0.3, 0.4) is 0 Å². The van der Waals surface area contributed by atoms with E-state index in [0.29, 0.717) is 18.5 Å². The summed E-state index contributed by atoms with van der Waals surface area (Å²) in [5.74, 6) is 0. The van der Waals surface area contributed by atoms with Crippen molar-refractivity contribution in [1.29, 1.82) is 0 Å². The molecule has 1 aromatic carbocycles. The van der Waals surface area contributed by atoms with Gasteiger partial charge in [0, 0.05) is 25.3 Å². The largest absolute Gasteiger partial charge is 0.396 e. The maximum atomic E-state index is 10.6. The fourth-order valence-electron chi connectivity index (χ4n) is 1.64. The Morgan fingerprint density at radius 2 is 2.29 bits per heavy atom. The van der Waals surface area contributed by atoms with Crippen molar-refractivity contribution in [3.05, 3.63) is 33.6 Å². The number of hydrogen-bond acceptors (Lipinski definition) is 4. The van der Waals surface area contributed by atoms with E-state index in [9.17, 15) is 10.1 Å². The van der Waals surface area contributed by atoms with E-state index in [-0.39, 0.29) is 17.6 Å². The average molecular weight is 256 g/mol. The fourth-order valence-corrected chi connectivity index (χ4v) is 1.91. The number of halogens is 1. The number of nitro groups is 1. The van der Waals surface area contributed by atoms with Gasteiger partial charge in [-0.2, -0.15) is 0 Å². The van der Waals surface area contributed by atoms with Crippen LogP contribution in [-0.2, 0) is 6.54 Å². The number of aryl methyl sites for hydroxylation is 1. The number of hydrogen-bond donors (Lipinski definition) is 1. The number of aliphatic hydroxyl groups excluding tert-OH is 1. The van der Waals surface area contributed by atoms with Crippen molar-refractivity contribution < 1.29 is 10.0 Å². The molecular formula is C10H10ClN3O3. The first kappa shape index (κ1) is 11.8. The smallest absolute Gasteiger partial charge is 0.271 e. The number of fused-ring (bicyclic) bond motifs is 1. The van der Waals surface area contributed by atoms with Crippen molar-refractivity contribution in [3.63, 3.8) is 0 Å². The van der Waals surface area contributed by atoms with Crippen LogP contribution in [0.1, 0.15) is 6.42 Å². The Kier molecular flexibility index (Phi) is 3.26. The Balaban J connectivity index is 2.48. The minimum Gasteiger partial charge on any atom is -0.396 e. The van der Waals surface area contributed by atoms with Crippen molar-refractivity contribution in [2.75, 3.05) is 6.61 Å². The molecule has 1 heterocycles. The minimum atomic E-state index is -0.472. The Hall–Kier alpha value is -1.66. The number of non-ortho nitro benzene ring substituents is 1. The molecule has 6 nitrogen and oxygen atoms in total. The highest BCUT2D eigenvalue weighted by molar-refractivity contribution is 6.29. The molecule has 0 saturated heterocycles. The van der Waals surface area contributed by atoms with E-state index in [1.54, 1.807) is 10.6 Å². The lowest BCUT2D eigenvalue weighted by Gasteiger charge is -2.03. The van der Waals surface area contributed by atoms with E-state index in [1.165, 1.54) is 12.1 Å². The third-order valence-electron chi connectivity index (χ3n) is 2.44. The quantitative estimate of drug-likeness (QED) is 0.669. The molecule has 0 amide bonds. The Labute approximate surface area is 102 Å². The van der Waals surface area contributed by atoms with Gasteiger partial charge in [-0.25, -0.2) is 4.98 Å². The van der Waals surface area contributed by atoms with Gasteiger partial charge in [-0.1, -0.05) is 0 Å². The highest BCUT2D eigenvalue weighted by Crippen LogP contribution is 2.24. The second kappa shape index (κ2) is 4.68. The van der Waals surface area contributed by atoms with Crippen molar-refractivity contribution in [2.24, 2.45) is 0 Å². The molecular weight excluding hydrogens is 246 g/mol. The molecule has 7 heteroatoms. The molecule has 0 fully saturated rings. The van der Waals surface area contributed by atoms with Gasteiger partial charge in [0.15, 0.2) is 0 Å². The van der Waals surface area contributed by atoms with Gasteiger partial charge >= 0.3 is 0 Å². The first-order valence-electron chi connectivity index (χ1n) is 5.04. The van der Waals surface area contributed by atoms with Gasteiger partial charge < -0.3 is 9.67 Å². The van der Waals surface area contributed by atoms with Gasteiger partial charge in [0.25, 0.3) is 5.69 Å². The third kappa shape index (κ3) is 2.22. The number of benzene rings is 1. The SMILES string of the molecule is O=[N+]([O-])c1ccc2c(c1)nc(Cl)n2CCCO. The second-order valence-corrected chi connectivity index (χ2v) is 3.88. The van der Waals surface area contributed by atoms with E-state index in [0.717, 1.165) is 5.52 Å². The number of rotatable bonds is 4. The third-order valence-corrected chi connectivity index (χ3v) is 2.72. The van der Waals surface area contributed by atoms with Gasteiger partial charge in [0.2, 0.25) is 5.28 Å². The van der Waals surface area contributed by atoms with Crippen molar-refractivity contribution in [1.82, 2.24) is 9.55 Å². The molecule has 0 radical (unpaired) electrons. The maximum Gasteiger partial charge on any atom is 0.271 e. The van der Waals surface area contributed by atoms with E-state index in [2.05, 4.69) is 4.98 Å². The standard InChI is InChI=1S/C10H10ClN3O3/c11-10-12-8-6-7(14(16)17)2-3-9(8)13(10)4-1-5-15/h2-3,6,15H,1,4-5H2. The molecule has 90 valence electrons. The normalized spacial score (nSPS) is 10.9. The molecule has 0 aliphatic carbocycles. The molecule has 2 rings (SSSR count). The summed E-state index contributed by atoms with van der Waals surface area (Å²) in [7, 11) is 0. The van der Waals surface area contributed by atoms with Gasteiger partial charge in [-0.05, 0) is 24.1 Å². The van der Waals surface area contributed by atoms with Crippen molar-refractivity contribution in [3.8, 4) is 0 Å². The van der Waals surface area contributed by atoms with Crippen LogP contribution in [-0.4, -0.2) is 26.2 Å². The van der Waals surface area contributed by atoms with Crippen LogP contribution in [0.4, 0.5) is 5.69 Å². The van der Waals surface area contributed by atoms with Crippen LogP contribution in [0.2, 0.25) is 5.28 Å². The Morgan fingerprint density at radius 3 is 2.94 bits per heavy atom. The summed E-state index contributed by atoms with van der Waals surface area (Å²) in [6.07, 6.45) is 0.558. The lowest BCUT2D eigenvalue weighted by molar-refractivity contribution is -0.384. The predicted molar refractivity (Wildman–Crippen MR) is 63.1 cm³/mol. The summed E-state index contributed by atoms with van der Waals surface area (Å²) >= 11 is 5.94. The van der Waals surface area contributed by atoms with Crippen LogP contribution < -0.4 is 0 Å². The minimum absolute atomic E-state index is 0.0130. The lowest BCUT2D eigenvalue weighted by atomic mass is 10.3. The van der Waals surface area contributed by atoms with Crippen LogP contribution in [0.25, 0.3) is 11.0 Å². The number of aromatic nitrogens is 2. The lowest BCUT2D eigenvalue weighted by Crippen LogP contribution is -2.00. The summed E-state index contributed by atoms with van der Waals surface area (Å²) in [6.45, 7) is 0.590. The molecule has 0 bridgehead atoms. The zero-order valence-electron chi connectivity index (χ0n) is 8.84. The highest BCUT2D eigenvalue weighted by atomic mass is 35.5. The monoisotopic (exact) mass is 255 g/mol. The Bertz CT molecular complexity index is 567. The van der Waals surface area contributed by atoms with Crippen molar-refractivity contribution in [2.45, 2.75) is 13.0 Å². The van der Waals surface area contributed by atoms with E-state index in [4.69, 9.17) is 16.7 Å². The zero-order chi connectivity index (χ0) is 12.4. The second-order valence-electron chi connectivity index (χ2n) is 3.54. The van der Waals surface area contributed by atoms with E-state index < -0.39 is 4.92 Å². The Morgan fingerprint density at radius 1 is 1.53 bits per heavy atom. The number of aliphatic hydroxyl groups is 1. The summed E-state index contributed by atoms with van der Waals surface area (Å²) in [4.78, 5) is 14.2. The van der Waals surface area contributed by atoms with E-state index >= 15 is 0 Å². The van der Waals surface area contributed by atoms with Gasteiger partial charge in [-0.3, -0.25) is 10.1 Å². The summed E-state index contributed by atoms with van der Waals surface area (Å²) in [6, 6.07) is 4.41. The average Bonchev–Trinajstić information content (AvgIpc) is 2.61. The molecule has 2 aromatic rings. The topological polar surface area (TPSA) is 81.2 Å². The number of nitrogens with zero attached hydrogens (tertiary/aromatic N) is 3. The van der Waals surface area contributed by atoms with Crippen LogP contribution in [0, 0.1) is 10.1 Å². The summed E-state index contributed by atoms with van der Waals surface area (Å²) < 4.78 is 1.72. The molecule has 1 N–H and O–H groups in total. The first-order chi connectivity index (χ1) is 8.13. The molecule has 17 heavy (non-hydrogen) atoms. The maximum absolute atomic E-state index is 10.6. The molecule has 0 unspecified atom stereocenters. The van der Waals surface area contributed by atoms with E-state index in [1.807, 2.05) is 0 Å². The van der Waals surface area contributed by atoms with Crippen molar-refractivity contribution >= 4 is 28.3 Å². The molecule has 1 aromatic heterocycles. The number of nitro benzene ring substituents is 1. The molecule has 0 spiro atoms. The summed E-state index contributed by atoms with van der Waals surface area (Å²) in [5, 5.41) is 19.7. The van der Waals surface area contributed by atoms with Crippen LogP contribution in [0.15, 0.2) is 18.2 Å². The van der Waals surface area contributed by atoms with Crippen LogP contribution in [0.5, 0.6) is 0 Å².